The van der Waals surface area contributed by atoms with Crippen molar-refractivity contribution in [2.75, 3.05) is 25.0 Å². The van der Waals surface area contributed by atoms with E-state index in [-0.39, 0.29) is 23.4 Å². The Labute approximate surface area is 170 Å². The SMILES string of the molecule is C[C@@H](NCC(=O)Nc1cccc(S(=O)(=O)N2CCCC2)c1)c1cccc(Cl)c1. The maximum Gasteiger partial charge on any atom is 0.243 e. The molecule has 3 rings (SSSR count). The number of carbonyl (C=O) groups excluding carboxylic acids is 1. The Morgan fingerprint density at radius 1 is 1.14 bits per heavy atom. The van der Waals surface area contributed by atoms with Crippen molar-refractivity contribution in [3.8, 4) is 0 Å². The molecule has 28 heavy (non-hydrogen) atoms. The highest BCUT2D eigenvalue weighted by Crippen LogP contribution is 2.23. The average Bonchev–Trinajstić information content (AvgIpc) is 3.22. The van der Waals surface area contributed by atoms with Crippen molar-refractivity contribution < 1.29 is 13.2 Å². The number of benzene rings is 2. The molecule has 2 N–H and O–H groups in total. The van der Waals surface area contributed by atoms with Gasteiger partial charge in [0.2, 0.25) is 15.9 Å². The van der Waals surface area contributed by atoms with E-state index in [2.05, 4.69) is 10.6 Å². The van der Waals surface area contributed by atoms with Crippen LogP contribution in [0.1, 0.15) is 31.4 Å². The molecule has 1 aliphatic rings. The molecule has 0 bridgehead atoms. The number of amides is 1. The van der Waals surface area contributed by atoms with E-state index in [0.29, 0.717) is 23.8 Å². The van der Waals surface area contributed by atoms with Gasteiger partial charge in [-0.2, -0.15) is 4.31 Å². The zero-order chi connectivity index (χ0) is 20.1. The summed E-state index contributed by atoms with van der Waals surface area (Å²) >= 11 is 6.00. The lowest BCUT2D eigenvalue weighted by molar-refractivity contribution is -0.115. The fourth-order valence-electron chi connectivity index (χ4n) is 3.16. The third kappa shape index (κ3) is 5.11. The Balaban J connectivity index is 1.60. The first kappa shape index (κ1) is 20.8. The van der Waals surface area contributed by atoms with Gasteiger partial charge < -0.3 is 10.6 Å². The van der Waals surface area contributed by atoms with Crippen molar-refractivity contribution in [2.24, 2.45) is 0 Å². The van der Waals surface area contributed by atoms with Gasteiger partial charge in [0.05, 0.1) is 11.4 Å². The van der Waals surface area contributed by atoms with Gasteiger partial charge in [-0.05, 0) is 55.7 Å². The number of hydrogen-bond donors (Lipinski definition) is 2. The fraction of sp³-hybridized carbons (Fsp3) is 0.350. The van der Waals surface area contributed by atoms with Crippen molar-refractivity contribution >= 4 is 33.2 Å². The van der Waals surface area contributed by atoms with Gasteiger partial charge in [-0.25, -0.2) is 8.42 Å². The van der Waals surface area contributed by atoms with E-state index in [4.69, 9.17) is 11.6 Å². The summed E-state index contributed by atoms with van der Waals surface area (Å²) in [6.45, 7) is 3.13. The van der Waals surface area contributed by atoms with E-state index in [9.17, 15) is 13.2 Å². The van der Waals surface area contributed by atoms with Gasteiger partial charge in [0.25, 0.3) is 0 Å². The molecule has 0 saturated carbocycles. The second kappa shape index (κ2) is 9.05. The van der Waals surface area contributed by atoms with Crippen molar-refractivity contribution in [1.29, 1.82) is 0 Å². The molecule has 1 atom stereocenters. The van der Waals surface area contributed by atoms with Crippen LogP contribution in [0.2, 0.25) is 5.02 Å². The number of carbonyl (C=O) groups is 1. The molecule has 6 nitrogen and oxygen atoms in total. The molecule has 0 unspecified atom stereocenters. The fourth-order valence-corrected chi connectivity index (χ4v) is 4.92. The minimum atomic E-state index is -3.51. The molecule has 1 amide bonds. The molecule has 1 fully saturated rings. The first-order valence-electron chi connectivity index (χ1n) is 9.25. The molecule has 0 radical (unpaired) electrons. The molecule has 0 aliphatic carbocycles. The molecule has 8 heteroatoms. The van der Waals surface area contributed by atoms with Crippen molar-refractivity contribution in [2.45, 2.75) is 30.7 Å². The summed E-state index contributed by atoms with van der Waals surface area (Å²) in [4.78, 5) is 12.5. The van der Waals surface area contributed by atoms with Crippen molar-refractivity contribution in [3.05, 3.63) is 59.1 Å². The summed E-state index contributed by atoms with van der Waals surface area (Å²) in [6.07, 6.45) is 1.76. The van der Waals surface area contributed by atoms with E-state index >= 15 is 0 Å². The van der Waals surface area contributed by atoms with Crippen LogP contribution in [0.5, 0.6) is 0 Å². The van der Waals surface area contributed by atoms with Gasteiger partial charge in [-0.1, -0.05) is 29.8 Å². The maximum absolute atomic E-state index is 12.7. The zero-order valence-electron chi connectivity index (χ0n) is 15.7. The van der Waals surface area contributed by atoms with Crippen molar-refractivity contribution in [1.82, 2.24) is 9.62 Å². The Morgan fingerprint density at radius 2 is 1.86 bits per heavy atom. The zero-order valence-corrected chi connectivity index (χ0v) is 17.3. The smallest absolute Gasteiger partial charge is 0.243 e. The third-order valence-electron chi connectivity index (χ3n) is 4.74. The lowest BCUT2D eigenvalue weighted by Gasteiger charge is -2.17. The van der Waals surface area contributed by atoms with Crippen LogP contribution in [0.25, 0.3) is 0 Å². The third-order valence-corrected chi connectivity index (χ3v) is 6.87. The summed E-state index contributed by atoms with van der Waals surface area (Å²) in [7, 11) is -3.51. The highest BCUT2D eigenvalue weighted by molar-refractivity contribution is 7.89. The number of halogens is 1. The summed E-state index contributed by atoms with van der Waals surface area (Å²) in [5.74, 6) is -0.246. The normalized spacial score (nSPS) is 16.1. The van der Waals surface area contributed by atoms with Crippen LogP contribution in [-0.2, 0) is 14.8 Å². The highest BCUT2D eigenvalue weighted by atomic mass is 35.5. The summed E-state index contributed by atoms with van der Waals surface area (Å²) in [5, 5.41) is 6.54. The molecule has 2 aromatic rings. The van der Waals surface area contributed by atoms with E-state index < -0.39 is 10.0 Å². The van der Waals surface area contributed by atoms with Gasteiger partial charge in [0, 0.05) is 29.8 Å². The van der Waals surface area contributed by atoms with Crippen LogP contribution >= 0.6 is 11.6 Å². The molecule has 1 aliphatic heterocycles. The number of sulfonamides is 1. The van der Waals surface area contributed by atoms with Crippen LogP contribution < -0.4 is 10.6 Å². The summed E-state index contributed by atoms with van der Waals surface area (Å²) in [6, 6.07) is 13.8. The Hall–Kier alpha value is -1.93. The number of rotatable bonds is 7. The average molecular weight is 422 g/mol. The van der Waals surface area contributed by atoms with Crippen LogP contribution in [0.3, 0.4) is 0 Å². The van der Waals surface area contributed by atoms with E-state index in [0.717, 1.165) is 18.4 Å². The van der Waals surface area contributed by atoms with Crippen LogP contribution in [0.15, 0.2) is 53.4 Å². The first-order valence-corrected chi connectivity index (χ1v) is 11.1. The molecule has 0 spiro atoms. The van der Waals surface area contributed by atoms with Crippen molar-refractivity contribution in [3.63, 3.8) is 0 Å². The standard InChI is InChI=1S/C20H24ClN3O3S/c1-15(16-6-4-7-17(21)12-16)22-14-20(25)23-18-8-5-9-19(13-18)28(26,27)24-10-2-3-11-24/h4-9,12-13,15,22H,2-3,10-11,14H2,1H3,(H,23,25)/t15-/m1/s1. The van der Waals surface area contributed by atoms with Gasteiger partial charge in [0.1, 0.15) is 0 Å². The van der Waals surface area contributed by atoms with Gasteiger partial charge in [-0.15, -0.1) is 0 Å². The largest absolute Gasteiger partial charge is 0.325 e. The molecule has 1 heterocycles. The molecule has 1 saturated heterocycles. The van der Waals surface area contributed by atoms with Crippen LogP contribution in [0.4, 0.5) is 5.69 Å². The molecular formula is C20H24ClN3O3S. The topological polar surface area (TPSA) is 78.5 Å². The summed E-state index contributed by atoms with van der Waals surface area (Å²) < 4.78 is 26.8. The van der Waals surface area contributed by atoms with Gasteiger partial charge in [0.15, 0.2) is 0 Å². The van der Waals surface area contributed by atoms with E-state index in [1.165, 1.54) is 10.4 Å². The number of anilines is 1. The van der Waals surface area contributed by atoms with Gasteiger partial charge >= 0.3 is 0 Å². The second-order valence-electron chi connectivity index (χ2n) is 6.84. The van der Waals surface area contributed by atoms with E-state index in [1.807, 2.05) is 25.1 Å². The number of nitrogens with one attached hydrogen (secondary N) is 2. The number of hydrogen-bond acceptors (Lipinski definition) is 4. The predicted octanol–water partition coefficient (Wildman–Crippen LogP) is 3.41. The Morgan fingerprint density at radius 3 is 2.57 bits per heavy atom. The minimum absolute atomic E-state index is 0.0497. The van der Waals surface area contributed by atoms with Crippen LogP contribution in [0, 0.1) is 0 Å². The monoisotopic (exact) mass is 421 g/mol. The molecule has 0 aromatic heterocycles. The Bertz CT molecular complexity index is 943. The molecular weight excluding hydrogens is 398 g/mol. The predicted molar refractivity (Wildman–Crippen MR) is 111 cm³/mol. The lowest BCUT2D eigenvalue weighted by Crippen LogP contribution is -2.30. The molecule has 150 valence electrons. The lowest BCUT2D eigenvalue weighted by atomic mass is 10.1. The van der Waals surface area contributed by atoms with Gasteiger partial charge in [-0.3, -0.25) is 4.79 Å². The van der Waals surface area contributed by atoms with Crippen LogP contribution in [-0.4, -0.2) is 38.3 Å². The second-order valence-corrected chi connectivity index (χ2v) is 9.22. The number of nitrogens with zero attached hydrogens (tertiary/aromatic N) is 1. The minimum Gasteiger partial charge on any atom is -0.325 e. The summed E-state index contributed by atoms with van der Waals surface area (Å²) in [5.41, 5.74) is 1.45. The van der Waals surface area contributed by atoms with E-state index in [1.54, 1.807) is 24.3 Å². The Kier molecular flexibility index (Phi) is 6.72. The molecule has 2 aromatic carbocycles. The first-order chi connectivity index (χ1) is 13.4. The highest BCUT2D eigenvalue weighted by Gasteiger charge is 2.27. The maximum atomic E-state index is 12.7. The quantitative estimate of drug-likeness (QED) is 0.718.